The number of rotatable bonds is 5. The van der Waals surface area contributed by atoms with E-state index >= 15 is 0 Å². The molecule has 0 aromatic heterocycles. The first kappa shape index (κ1) is 14.0. The number of carbonyl (C=O) groups is 2. The fourth-order valence-corrected chi connectivity index (χ4v) is 1.24. The highest BCUT2D eigenvalue weighted by Crippen LogP contribution is 2.11. The molecule has 98 valence electrons. The molecule has 0 fully saturated rings. The molecule has 1 rings (SSSR count). The zero-order chi connectivity index (χ0) is 13.4. The molecular formula is C12H17N3O3. The Morgan fingerprint density at radius 2 is 1.94 bits per heavy atom. The van der Waals surface area contributed by atoms with Gasteiger partial charge in [0.25, 0.3) is 5.91 Å². The lowest BCUT2D eigenvalue weighted by atomic mass is 10.2. The molecule has 0 spiro atoms. The van der Waals surface area contributed by atoms with Crippen LogP contribution < -0.4 is 21.1 Å². The number of benzene rings is 1. The number of amides is 3. The van der Waals surface area contributed by atoms with Gasteiger partial charge < -0.3 is 15.8 Å². The second kappa shape index (κ2) is 7.29. The van der Waals surface area contributed by atoms with E-state index in [0.717, 1.165) is 5.56 Å². The van der Waals surface area contributed by atoms with E-state index in [9.17, 15) is 9.59 Å². The zero-order valence-corrected chi connectivity index (χ0v) is 10.2. The summed E-state index contributed by atoms with van der Waals surface area (Å²) in [5.74, 6) is 0.0575. The van der Waals surface area contributed by atoms with E-state index in [1.54, 1.807) is 19.1 Å². The molecule has 0 aliphatic carbocycles. The molecule has 6 nitrogen and oxygen atoms in total. The second-order valence-electron chi connectivity index (χ2n) is 3.54. The van der Waals surface area contributed by atoms with Crippen molar-refractivity contribution in [2.75, 3.05) is 13.2 Å². The summed E-state index contributed by atoms with van der Waals surface area (Å²) in [6, 6.07) is 6.56. The van der Waals surface area contributed by atoms with Crippen LogP contribution in [0.4, 0.5) is 4.79 Å². The normalized spacial score (nSPS) is 9.67. The van der Waals surface area contributed by atoms with Crippen LogP contribution in [0.5, 0.6) is 5.75 Å². The monoisotopic (exact) mass is 251 g/mol. The summed E-state index contributed by atoms with van der Waals surface area (Å²) >= 11 is 0. The first-order valence-electron chi connectivity index (χ1n) is 5.65. The van der Waals surface area contributed by atoms with Crippen LogP contribution in [-0.2, 0) is 11.3 Å². The van der Waals surface area contributed by atoms with Crippen molar-refractivity contribution >= 4 is 11.9 Å². The van der Waals surface area contributed by atoms with Gasteiger partial charge in [0.2, 0.25) is 0 Å². The Hall–Kier alpha value is -2.08. The van der Waals surface area contributed by atoms with Crippen LogP contribution in [0.15, 0.2) is 24.3 Å². The predicted molar refractivity (Wildman–Crippen MR) is 67.0 cm³/mol. The molecular weight excluding hydrogens is 234 g/mol. The van der Waals surface area contributed by atoms with Gasteiger partial charge in [0.1, 0.15) is 5.75 Å². The Labute approximate surface area is 105 Å². The molecule has 4 N–H and O–H groups in total. The highest BCUT2D eigenvalue weighted by Gasteiger charge is 2.07. The number of imide groups is 1. The average molecular weight is 251 g/mol. The van der Waals surface area contributed by atoms with Crippen molar-refractivity contribution in [3.05, 3.63) is 29.8 Å². The van der Waals surface area contributed by atoms with Gasteiger partial charge in [-0.3, -0.25) is 10.1 Å². The van der Waals surface area contributed by atoms with Gasteiger partial charge in [-0.25, -0.2) is 4.79 Å². The predicted octanol–water partition coefficient (Wildman–Crippen LogP) is 0.370. The third-order valence-electron chi connectivity index (χ3n) is 2.12. The Morgan fingerprint density at radius 1 is 1.28 bits per heavy atom. The molecule has 0 aliphatic heterocycles. The maximum Gasteiger partial charge on any atom is 0.321 e. The van der Waals surface area contributed by atoms with Gasteiger partial charge in [-0.1, -0.05) is 12.1 Å². The van der Waals surface area contributed by atoms with Crippen LogP contribution in [-0.4, -0.2) is 25.1 Å². The number of ether oxygens (including phenoxy) is 1. The van der Waals surface area contributed by atoms with E-state index in [4.69, 9.17) is 10.5 Å². The van der Waals surface area contributed by atoms with E-state index in [1.807, 2.05) is 12.1 Å². The van der Waals surface area contributed by atoms with Crippen LogP contribution in [0.2, 0.25) is 0 Å². The van der Waals surface area contributed by atoms with E-state index in [2.05, 4.69) is 10.6 Å². The van der Waals surface area contributed by atoms with Gasteiger partial charge in [-0.05, 0) is 24.6 Å². The van der Waals surface area contributed by atoms with E-state index in [0.29, 0.717) is 18.8 Å². The molecule has 1 aromatic rings. The molecule has 0 unspecified atom stereocenters. The lowest BCUT2D eigenvalue weighted by molar-refractivity contribution is -0.122. The van der Waals surface area contributed by atoms with Crippen LogP contribution in [0, 0.1) is 0 Å². The number of hydrogen-bond acceptors (Lipinski definition) is 4. The molecule has 0 aliphatic rings. The summed E-state index contributed by atoms with van der Waals surface area (Å²) in [6.07, 6.45) is 0. The minimum atomic E-state index is -0.524. The van der Waals surface area contributed by atoms with Crippen molar-refractivity contribution in [3.8, 4) is 5.75 Å². The van der Waals surface area contributed by atoms with Gasteiger partial charge in [0.05, 0.1) is 0 Å². The van der Waals surface area contributed by atoms with Crippen molar-refractivity contribution in [2.24, 2.45) is 5.73 Å². The molecule has 18 heavy (non-hydrogen) atoms. The average Bonchev–Trinajstić information content (AvgIpc) is 2.37. The minimum absolute atomic E-state index is 0.209. The Kier molecular flexibility index (Phi) is 5.66. The topological polar surface area (TPSA) is 93.5 Å². The van der Waals surface area contributed by atoms with E-state index in [1.165, 1.54) is 0 Å². The number of nitrogens with one attached hydrogen (secondary N) is 2. The van der Waals surface area contributed by atoms with Crippen LogP contribution in [0.3, 0.4) is 0 Å². The van der Waals surface area contributed by atoms with Crippen molar-refractivity contribution in [3.63, 3.8) is 0 Å². The summed E-state index contributed by atoms with van der Waals surface area (Å²) < 4.78 is 5.21. The summed E-state index contributed by atoms with van der Waals surface area (Å²) in [6.45, 7) is 2.47. The summed E-state index contributed by atoms with van der Waals surface area (Å²) in [5.41, 5.74) is 6.44. The summed E-state index contributed by atoms with van der Waals surface area (Å²) in [7, 11) is 0. The molecule has 0 saturated heterocycles. The van der Waals surface area contributed by atoms with Crippen LogP contribution in [0.25, 0.3) is 0 Å². The third kappa shape index (κ3) is 4.84. The Balaban J connectivity index is 2.35. The van der Waals surface area contributed by atoms with E-state index < -0.39 is 11.9 Å². The number of nitrogens with two attached hydrogens (primary N) is 1. The van der Waals surface area contributed by atoms with Crippen molar-refractivity contribution < 1.29 is 14.3 Å². The molecule has 0 bridgehead atoms. The smallest absolute Gasteiger partial charge is 0.321 e. The van der Waals surface area contributed by atoms with E-state index in [-0.39, 0.29) is 6.61 Å². The van der Waals surface area contributed by atoms with Crippen molar-refractivity contribution in [2.45, 2.75) is 13.5 Å². The molecule has 0 heterocycles. The quantitative estimate of drug-likeness (QED) is 0.704. The largest absolute Gasteiger partial charge is 0.484 e. The standard InChI is InChI=1S/C12H17N3O3/c1-2-14-12(17)15-11(16)8-18-10-5-3-9(7-13)4-6-10/h3-6H,2,7-8,13H2,1H3,(H2,14,15,16,17). The van der Waals surface area contributed by atoms with Crippen LogP contribution in [0.1, 0.15) is 12.5 Å². The first-order chi connectivity index (χ1) is 8.65. The lowest BCUT2D eigenvalue weighted by Gasteiger charge is -2.07. The SMILES string of the molecule is CCNC(=O)NC(=O)COc1ccc(CN)cc1. The molecule has 0 atom stereocenters. The van der Waals surface area contributed by atoms with Gasteiger partial charge in [0.15, 0.2) is 6.61 Å². The Morgan fingerprint density at radius 3 is 2.50 bits per heavy atom. The minimum Gasteiger partial charge on any atom is -0.484 e. The van der Waals surface area contributed by atoms with Gasteiger partial charge in [-0.2, -0.15) is 0 Å². The van der Waals surface area contributed by atoms with Crippen LogP contribution >= 0.6 is 0 Å². The number of urea groups is 1. The zero-order valence-electron chi connectivity index (χ0n) is 10.2. The van der Waals surface area contributed by atoms with Gasteiger partial charge in [-0.15, -0.1) is 0 Å². The van der Waals surface area contributed by atoms with Crippen molar-refractivity contribution in [1.82, 2.24) is 10.6 Å². The Bertz CT molecular complexity index is 404. The number of carbonyl (C=O) groups excluding carboxylic acids is 2. The second-order valence-corrected chi connectivity index (χ2v) is 3.54. The van der Waals surface area contributed by atoms with Crippen molar-refractivity contribution in [1.29, 1.82) is 0 Å². The van der Waals surface area contributed by atoms with Gasteiger partial charge in [0, 0.05) is 13.1 Å². The fraction of sp³-hybridized carbons (Fsp3) is 0.333. The summed E-state index contributed by atoms with van der Waals surface area (Å²) in [4.78, 5) is 22.3. The molecule has 0 saturated carbocycles. The highest BCUT2D eigenvalue weighted by molar-refractivity contribution is 5.94. The lowest BCUT2D eigenvalue weighted by Crippen LogP contribution is -2.41. The van der Waals surface area contributed by atoms with Gasteiger partial charge >= 0.3 is 6.03 Å². The number of hydrogen-bond donors (Lipinski definition) is 3. The fourth-order valence-electron chi connectivity index (χ4n) is 1.24. The maximum atomic E-state index is 11.3. The molecule has 3 amide bonds. The third-order valence-corrected chi connectivity index (χ3v) is 2.12. The first-order valence-corrected chi connectivity index (χ1v) is 5.65. The summed E-state index contributed by atoms with van der Waals surface area (Å²) in [5, 5.41) is 4.59. The molecule has 6 heteroatoms. The molecule has 0 radical (unpaired) electrons. The maximum absolute atomic E-state index is 11.3. The molecule has 1 aromatic carbocycles. The highest BCUT2D eigenvalue weighted by atomic mass is 16.5.